The van der Waals surface area contributed by atoms with Gasteiger partial charge in [0, 0.05) is 19.6 Å². The molecule has 0 aromatic heterocycles. The Hall–Kier alpha value is -0.780. The maximum absolute atomic E-state index is 4.47. The number of rotatable bonds is 3. The molecule has 2 unspecified atom stereocenters. The molecule has 1 saturated carbocycles. The Balaban J connectivity index is 0.00000120. The lowest BCUT2D eigenvalue weighted by molar-refractivity contribution is 0.530. The highest BCUT2D eigenvalue weighted by molar-refractivity contribution is 14.0. The van der Waals surface area contributed by atoms with Gasteiger partial charge in [-0.25, -0.2) is 0 Å². The van der Waals surface area contributed by atoms with Gasteiger partial charge in [-0.1, -0.05) is 30.3 Å². The van der Waals surface area contributed by atoms with Crippen LogP contribution in [0.4, 0.5) is 0 Å². The summed E-state index contributed by atoms with van der Waals surface area (Å²) in [7, 11) is 2.10. The van der Waals surface area contributed by atoms with Gasteiger partial charge < -0.3 is 10.2 Å². The second kappa shape index (κ2) is 5.91. The Morgan fingerprint density at radius 1 is 1.33 bits per heavy atom. The highest BCUT2D eigenvalue weighted by atomic mass is 127. The van der Waals surface area contributed by atoms with Crippen LogP contribution in [0.1, 0.15) is 12.0 Å². The number of hydrogen-bond acceptors (Lipinski definition) is 3. The number of guanidine groups is 1. The van der Waals surface area contributed by atoms with E-state index in [1.54, 1.807) is 0 Å². The van der Waals surface area contributed by atoms with E-state index >= 15 is 0 Å². The highest BCUT2D eigenvalue weighted by Gasteiger charge is 2.38. The topological polar surface area (TPSA) is 27.6 Å². The molecule has 3 rings (SSSR count). The van der Waals surface area contributed by atoms with Crippen molar-refractivity contribution in [3.05, 3.63) is 35.9 Å². The van der Waals surface area contributed by atoms with Crippen LogP contribution in [0.2, 0.25) is 0 Å². The van der Waals surface area contributed by atoms with Crippen molar-refractivity contribution in [2.75, 3.05) is 20.1 Å². The second-order valence-electron chi connectivity index (χ2n) is 5.06. The normalized spacial score (nSPS) is 25.4. The van der Waals surface area contributed by atoms with Crippen LogP contribution >= 0.6 is 24.0 Å². The average Bonchev–Trinajstić information content (AvgIpc) is 2.93. The Bertz CT molecular complexity index is 418. The Kier molecular flexibility index (Phi) is 4.48. The zero-order chi connectivity index (χ0) is 11.7. The number of halogens is 1. The maximum atomic E-state index is 4.47. The first-order valence-electron chi connectivity index (χ1n) is 6.39. The second-order valence-corrected chi connectivity index (χ2v) is 5.06. The summed E-state index contributed by atoms with van der Waals surface area (Å²) in [5, 5.41) is 3.55. The molecule has 1 aliphatic heterocycles. The lowest BCUT2D eigenvalue weighted by Crippen LogP contribution is -2.37. The van der Waals surface area contributed by atoms with E-state index in [1.807, 2.05) is 0 Å². The molecule has 0 radical (unpaired) electrons. The average molecular weight is 357 g/mol. The van der Waals surface area contributed by atoms with Gasteiger partial charge >= 0.3 is 0 Å². The molecule has 1 N–H and O–H groups in total. The zero-order valence-corrected chi connectivity index (χ0v) is 13.0. The Morgan fingerprint density at radius 3 is 2.78 bits per heavy atom. The first-order chi connectivity index (χ1) is 8.33. The van der Waals surface area contributed by atoms with Crippen LogP contribution in [0.3, 0.4) is 0 Å². The van der Waals surface area contributed by atoms with Gasteiger partial charge in [-0.05, 0) is 24.3 Å². The molecule has 2 aliphatic rings. The molecule has 18 heavy (non-hydrogen) atoms. The van der Waals surface area contributed by atoms with E-state index in [0.717, 1.165) is 25.0 Å². The number of likely N-dealkylation sites (N-methyl/N-ethyl adjacent to an activating group) is 1. The number of benzene rings is 1. The van der Waals surface area contributed by atoms with E-state index in [-0.39, 0.29) is 24.0 Å². The van der Waals surface area contributed by atoms with Gasteiger partial charge in [0.2, 0.25) is 0 Å². The summed E-state index contributed by atoms with van der Waals surface area (Å²) in [5.41, 5.74) is 1.45. The molecule has 1 aromatic rings. The first-order valence-corrected chi connectivity index (χ1v) is 6.39. The quantitative estimate of drug-likeness (QED) is 0.840. The lowest BCUT2D eigenvalue weighted by Gasteiger charge is -2.15. The number of nitrogens with zero attached hydrogens (tertiary/aromatic N) is 2. The molecule has 0 spiro atoms. The summed E-state index contributed by atoms with van der Waals surface area (Å²) in [4.78, 5) is 6.68. The van der Waals surface area contributed by atoms with Gasteiger partial charge in [-0.15, -0.1) is 24.0 Å². The van der Waals surface area contributed by atoms with Crippen LogP contribution in [-0.4, -0.2) is 37.0 Å². The number of aliphatic imine (C=N–C) groups is 1. The van der Waals surface area contributed by atoms with E-state index in [4.69, 9.17) is 0 Å². The summed E-state index contributed by atoms with van der Waals surface area (Å²) in [6.45, 7) is 1.99. The van der Waals surface area contributed by atoms with Crippen LogP contribution in [0.15, 0.2) is 35.3 Å². The molecular weight excluding hydrogens is 337 g/mol. The molecule has 98 valence electrons. The van der Waals surface area contributed by atoms with E-state index < -0.39 is 0 Å². The summed E-state index contributed by atoms with van der Waals surface area (Å²) < 4.78 is 0. The van der Waals surface area contributed by atoms with Crippen molar-refractivity contribution in [1.29, 1.82) is 0 Å². The van der Waals surface area contributed by atoms with E-state index in [1.165, 1.54) is 18.4 Å². The van der Waals surface area contributed by atoms with Crippen LogP contribution in [0.25, 0.3) is 0 Å². The lowest BCUT2D eigenvalue weighted by atomic mass is 10.1. The van der Waals surface area contributed by atoms with Gasteiger partial charge in [-0.3, -0.25) is 4.99 Å². The van der Waals surface area contributed by atoms with Crippen molar-refractivity contribution in [3.8, 4) is 0 Å². The molecule has 0 bridgehead atoms. The molecule has 3 nitrogen and oxygen atoms in total. The summed E-state index contributed by atoms with van der Waals surface area (Å²) in [6.07, 6.45) is 2.47. The molecule has 4 heteroatoms. The van der Waals surface area contributed by atoms with Crippen LogP contribution in [0.5, 0.6) is 0 Å². The fraction of sp³-hybridized carbons (Fsp3) is 0.500. The molecule has 0 amide bonds. The predicted molar refractivity (Wildman–Crippen MR) is 85.5 cm³/mol. The third kappa shape index (κ3) is 3.16. The third-order valence-electron chi connectivity index (χ3n) is 3.64. The maximum Gasteiger partial charge on any atom is 0.194 e. The van der Waals surface area contributed by atoms with Crippen LogP contribution in [0, 0.1) is 5.92 Å². The number of nitrogens with one attached hydrogen (secondary N) is 1. The summed E-state index contributed by atoms with van der Waals surface area (Å²) >= 11 is 0. The fourth-order valence-corrected chi connectivity index (χ4v) is 2.42. The van der Waals surface area contributed by atoms with Crippen molar-refractivity contribution in [1.82, 2.24) is 10.2 Å². The Labute approximate surface area is 126 Å². The number of hydrogen-bond donors (Lipinski definition) is 1. The Morgan fingerprint density at radius 2 is 2.11 bits per heavy atom. The van der Waals surface area contributed by atoms with Crippen molar-refractivity contribution in [2.24, 2.45) is 10.9 Å². The summed E-state index contributed by atoms with van der Waals surface area (Å²) in [6, 6.07) is 11.4. The first kappa shape index (κ1) is 13.6. The molecule has 0 saturated heterocycles. The van der Waals surface area contributed by atoms with Crippen molar-refractivity contribution < 1.29 is 0 Å². The molecular formula is C14H20IN3. The van der Waals surface area contributed by atoms with Gasteiger partial charge in [-0.2, -0.15) is 0 Å². The van der Waals surface area contributed by atoms with Crippen molar-refractivity contribution >= 4 is 29.9 Å². The third-order valence-corrected chi connectivity index (χ3v) is 3.64. The molecule has 1 fully saturated rings. The van der Waals surface area contributed by atoms with E-state index in [2.05, 4.69) is 52.6 Å². The van der Waals surface area contributed by atoms with Crippen LogP contribution in [-0.2, 0) is 6.42 Å². The predicted octanol–water partition coefficient (Wildman–Crippen LogP) is 2.13. The standard InChI is InChI=1S/C14H19N3.HI/c1-17-8-7-15-14(17)16-13-10-12(13)9-11-5-3-2-4-6-11;/h2-6,12-13H,7-10H2,1H3,(H,15,16);1H. The molecule has 1 aromatic carbocycles. The minimum atomic E-state index is 0. The van der Waals surface area contributed by atoms with E-state index in [0.29, 0.717) is 6.04 Å². The van der Waals surface area contributed by atoms with E-state index in [9.17, 15) is 0 Å². The minimum Gasteiger partial charge on any atom is -0.353 e. The highest BCUT2D eigenvalue weighted by Crippen LogP contribution is 2.33. The van der Waals surface area contributed by atoms with Gasteiger partial charge in [0.05, 0.1) is 6.54 Å². The molecule has 1 heterocycles. The molecule has 1 aliphatic carbocycles. The SMILES string of the molecule is CN1CCN=C1NC1CC1Cc1ccccc1.I. The molecule has 2 atom stereocenters. The largest absolute Gasteiger partial charge is 0.353 e. The minimum absolute atomic E-state index is 0. The summed E-state index contributed by atoms with van der Waals surface area (Å²) in [5.74, 6) is 1.87. The van der Waals surface area contributed by atoms with Gasteiger partial charge in [0.25, 0.3) is 0 Å². The fourth-order valence-electron chi connectivity index (χ4n) is 2.42. The van der Waals surface area contributed by atoms with Gasteiger partial charge in [0.15, 0.2) is 5.96 Å². The van der Waals surface area contributed by atoms with Crippen molar-refractivity contribution in [3.63, 3.8) is 0 Å². The smallest absolute Gasteiger partial charge is 0.194 e. The van der Waals surface area contributed by atoms with Gasteiger partial charge in [0.1, 0.15) is 0 Å². The van der Waals surface area contributed by atoms with Crippen LogP contribution < -0.4 is 5.32 Å². The monoisotopic (exact) mass is 357 g/mol. The van der Waals surface area contributed by atoms with Crippen molar-refractivity contribution in [2.45, 2.75) is 18.9 Å². The zero-order valence-electron chi connectivity index (χ0n) is 10.7.